The predicted octanol–water partition coefficient (Wildman–Crippen LogP) is 1.61. The van der Waals surface area contributed by atoms with Crippen LogP contribution in [0, 0.1) is 0 Å². The van der Waals surface area contributed by atoms with Crippen LogP contribution in [0.3, 0.4) is 0 Å². The number of aromatic nitrogens is 3. The minimum atomic E-state index is -0.705. The van der Waals surface area contributed by atoms with E-state index >= 15 is 0 Å². The average molecular weight is 402 g/mol. The van der Waals surface area contributed by atoms with Gasteiger partial charge in [0, 0.05) is 10.4 Å². The van der Waals surface area contributed by atoms with Crippen LogP contribution in [-0.2, 0) is 11.3 Å². The molecule has 0 aliphatic heterocycles. The standard InChI is InChI=1S/C18H12ClN3O6/c1-27-18(26)12-5-3-9(28-12)7-22-17(25)13-14(16(24)21-22)20-11-6-8(19)2-4-10(11)15(13)23/h2-6H,7H2,1H3,(H,20,23)(H,21,24). The van der Waals surface area contributed by atoms with Crippen molar-refractivity contribution in [2.24, 2.45) is 0 Å². The number of rotatable bonds is 3. The van der Waals surface area contributed by atoms with Crippen LogP contribution in [0.25, 0.3) is 21.8 Å². The molecule has 0 amide bonds. The smallest absolute Gasteiger partial charge is 0.373 e. The number of halogens is 1. The van der Waals surface area contributed by atoms with E-state index in [0.717, 1.165) is 4.68 Å². The van der Waals surface area contributed by atoms with E-state index in [2.05, 4.69) is 14.8 Å². The van der Waals surface area contributed by atoms with Crippen molar-refractivity contribution in [3.63, 3.8) is 0 Å². The Labute approximate surface area is 160 Å². The Kier molecular flexibility index (Phi) is 4.16. The fourth-order valence-corrected chi connectivity index (χ4v) is 3.11. The lowest BCUT2D eigenvalue weighted by Gasteiger charge is -2.07. The molecule has 28 heavy (non-hydrogen) atoms. The van der Waals surface area contributed by atoms with Crippen molar-refractivity contribution >= 4 is 39.4 Å². The predicted molar refractivity (Wildman–Crippen MR) is 101 cm³/mol. The van der Waals surface area contributed by atoms with Gasteiger partial charge in [-0.15, -0.1) is 0 Å². The molecule has 0 fully saturated rings. The molecule has 4 aromatic rings. The minimum absolute atomic E-state index is 0.0468. The summed E-state index contributed by atoms with van der Waals surface area (Å²) in [5, 5.41) is 2.73. The van der Waals surface area contributed by atoms with E-state index in [9.17, 15) is 19.2 Å². The van der Waals surface area contributed by atoms with E-state index in [4.69, 9.17) is 16.0 Å². The molecule has 4 rings (SSSR count). The van der Waals surface area contributed by atoms with E-state index < -0.39 is 22.5 Å². The summed E-state index contributed by atoms with van der Waals surface area (Å²) in [6.07, 6.45) is 0. The molecule has 1 aromatic carbocycles. The summed E-state index contributed by atoms with van der Waals surface area (Å²) in [7, 11) is 1.21. The molecule has 142 valence electrons. The Bertz CT molecular complexity index is 1430. The largest absolute Gasteiger partial charge is 0.463 e. The van der Waals surface area contributed by atoms with Gasteiger partial charge in [0.15, 0.2) is 0 Å². The number of furan rings is 1. The maximum Gasteiger partial charge on any atom is 0.373 e. The number of benzene rings is 1. The normalized spacial score (nSPS) is 11.2. The van der Waals surface area contributed by atoms with Gasteiger partial charge in [-0.3, -0.25) is 19.5 Å². The molecule has 0 bridgehead atoms. The van der Waals surface area contributed by atoms with Crippen LogP contribution in [0.4, 0.5) is 0 Å². The Morgan fingerprint density at radius 3 is 2.75 bits per heavy atom. The molecule has 0 radical (unpaired) electrons. The first-order valence-corrected chi connectivity index (χ1v) is 8.42. The van der Waals surface area contributed by atoms with Gasteiger partial charge in [-0.2, -0.15) is 0 Å². The highest BCUT2D eigenvalue weighted by molar-refractivity contribution is 6.31. The number of carbonyl (C=O) groups is 1. The molecule has 2 N–H and O–H groups in total. The zero-order valence-corrected chi connectivity index (χ0v) is 15.1. The van der Waals surface area contributed by atoms with E-state index in [1.54, 1.807) is 0 Å². The third-order valence-corrected chi connectivity index (χ3v) is 4.48. The highest BCUT2D eigenvalue weighted by atomic mass is 35.5. The highest BCUT2D eigenvalue weighted by Crippen LogP contribution is 2.16. The van der Waals surface area contributed by atoms with Gasteiger partial charge in [0.1, 0.15) is 23.2 Å². The maximum atomic E-state index is 12.8. The minimum Gasteiger partial charge on any atom is -0.463 e. The number of hydrogen-bond donors (Lipinski definition) is 2. The first-order chi connectivity index (χ1) is 13.4. The van der Waals surface area contributed by atoms with Crippen molar-refractivity contribution < 1.29 is 13.9 Å². The van der Waals surface area contributed by atoms with E-state index in [1.807, 2.05) is 0 Å². The van der Waals surface area contributed by atoms with Gasteiger partial charge in [-0.05, 0) is 30.3 Å². The SMILES string of the molecule is COC(=O)c1ccc(Cn2[nH]c(=O)c3[nH]c4cc(Cl)ccc4c(=O)c3c2=O)o1. The summed E-state index contributed by atoms with van der Waals surface area (Å²) in [5.41, 5.74) is -1.74. The quantitative estimate of drug-likeness (QED) is 0.396. The number of nitrogens with zero attached hydrogens (tertiary/aromatic N) is 1. The van der Waals surface area contributed by atoms with Crippen LogP contribution in [-0.4, -0.2) is 27.8 Å². The summed E-state index contributed by atoms with van der Waals surface area (Å²) in [4.78, 5) is 52.3. The number of H-pyrrole nitrogens is 2. The number of ether oxygens (including phenoxy) is 1. The second-order valence-electron chi connectivity index (χ2n) is 5.98. The van der Waals surface area contributed by atoms with Crippen LogP contribution in [0.2, 0.25) is 5.02 Å². The second-order valence-corrected chi connectivity index (χ2v) is 6.42. The highest BCUT2D eigenvalue weighted by Gasteiger charge is 2.17. The Balaban J connectivity index is 1.90. The summed E-state index contributed by atoms with van der Waals surface area (Å²) in [6, 6.07) is 7.35. The number of methoxy groups -OCH3 is 1. The fraction of sp³-hybridized carbons (Fsp3) is 0.111. The lowest BCUT2D eigenvalue weighted by atomic mass is 10.1. The molecule has 0 atom stereocenters. The number of esters is 1. The second kappa shape index (κ2) is 6.54. The number of hydrogen-bond acceptors (Lipinski definition) is 6. The molecule has 10 heteroatoms. The third kappa shape index (κ3) is 2.81. The first-order valence-electron chi connectivity index (χ1n) is 8.04. The van der Waals surface area contributed by atoms with Crippen LogP contribution in [0.1, 0.15) is 16.3 Å². The molecule has 0 saturated heterocycles. The zero-order chi connectivity index (χ0) is 20.0. The van der Waals surface area contributed by atoms with Crippen molar-refractivity contribution in [2.45, 2.75) is 6.54 Å². The van der Waals surface area contributed by atoms with E-state index in [1.165, 1.54) is 37.4 Å². The Hall–Kier alpha value is -3.59. The van der Waals surface area contributed by atoms with Gasteiger partial charge in [-0.25, -0.2) is 9.48 Å². The fourth-order valence-electron chi connectivity index (χ4n) is 2.94. The molecule has 0 saturated carbocycles. The zero-order valence-electron chi connectivity index (χ0n) is 14.4. The maximum absolute atomic E-state index is 12.8. The van der Waals surface area contributed by atoms with Gasteiger partial charge in [0.25, 0.3) is 11.1 Å². The number of carbonyl (C=O) groups excluding carboxylic acids is 1. The third-order valence-electron chi connectivity index (χ3n) is 4.25. The monoisotopic (exact) mass is 401 g/mol. The van der Waals surface area contributed by atoms with Crippen molar-refractivity contribution in [1.29, 1.82) is 0 Å². The Morgan fingerprint density at radius 1 is 1.21 bits per heavy atom. The topological polar surface area (TPSA) is 127 Å². The molecule has 3 aromatic heterocycles. The molecule has 0 unspecified atom stereocenters. The van der Waals surface area contributed by atoms with Crippen molar-refractivity contribution in [3.8, 4) is 0 Å². The number of pyridine rings is 1. The van der Waals surface area contributed by atoms with Crippen LogP contribution >= 0.6 is 11.6 Å². The van der Waals surface area contributed by atoms with Gasteiger partial charge < -0.3 is 14.1 Å². The molecule has 0 spiro atoms. The molecule has 3 heterocycles. The van der Waals surface area contributed by atoms with Crippen LogP contribution in [0.5, 0.6) is 0 Å². The summed E-state index contributed by atoms with van der Waals surface area (Å²) < 4.78 is 10.8. The van der Waals surface area contributed by atoms with Crippen molar-refractivity contribution in [2.75, 3.05) is 7.11 Å². The summed E-state index contributed by atoms with van der Waals surface area (Å²) >= 11 is 5.93. The lowest BCUT2D eigenvalue weighted by Crippen LogP contribution is -2.34. The molecule has 0 aliphatic carbocycles. The molecular formula is C18H12ClN3O6. The lowest BCUT2D eigenvalue weighted by molar-refractivity contribution is 0.0562. The molecule has 9 nitrogen and oxygen atoms in total. The van der Waals surface area contributed by atoms with Crippen molar-refractivity contribution in [1.82, 2.24) is 14.8 Å². The number of aromatic amines is 2. The number of fused-ring (bicyclic) bond motifs is 2. The first kappa shape index (κ1) is 17.8. The van der Waals surface area contributed by atoms with Gasteiger partial charge in [0.2, 0.25) is 11.2 Å². The van der Waals surface area contributed by atoms with Crippen LogP contribution in [0.15, 0.2) is 49.1 Å². The van der Waals surface area contributed by atoms with Gasteiger partial charge in [-0.1, -0.05) is 11.6 Å². The van der Waals surface area contributed by atoms with Crippen LogP contribution < -0.4 is 16.5 Å². The molecule has 0 aliphatic rings. The van der Waals surface area contributed by atoms with Gasteiger partial charge >= 0.3 is 5.97 Å². The Morgan fingerprint density at radius 2 is 2.00 bits per heavy atom. The average Bonchev–Trinajstić information content (AvgIpc) is 3.13. The summed E-state index contributed by atoms with van der Waals surface area (Å²) in [5.74, 6) is -0.497. The van der Waals surface area contributed by atoms with E-state index in [0.29, 0.717) is 10.5 Å². The van der Waals surface area contributed by atoms with Gasteiger partial charge in [0.05, 0.1) is 12.6 Å². The van der Waals surface area contributed by atoms with E-state index in [-0.39, 0.29) is 34.4 Å². The number of nitrogens with one attached hydrogen (secondary N) is 2. The van der Waals surface area contributed by atoms with Crippen molar-refractivity contribution in [3.05, 3.63) is 77.8 Å². The molecular weight excluding hydrogens is 390 g/mol. The summed E-state index contributed by atoms with van der Waals surface area (Å²) in [6.45, 7) is -0.181.